The van der Waals surface area contributed by atoms with Gasteiger partial charge in [0.1, 0.15) is 0 Å². The van der Waals surface area contributed by atoms with Crippen LogP contribution in [-0.4, -0.2) is 39.4 Å². The number of alkyl halides is 3. The van der Waals surface area contributed by atoms with E-state index in [1.54, 1.807) is 18.2 Å². The molecule has 0 unspecified atom stereocenters. The Morgan fingerprint density at radius 1 is 1.03 bits per heavy atom. The Balaban J connectivity index is 1.65. The molecule has 1 aliphatic heterocycles. The summed E-state index contributed by atoms with van der Waals surface area (Å²) in [5.74, 6) is -1.41. The molecule has 3 aromatic rings. The number of amides is 1. The molecule has 4 rings (SSSR count). The minimum Gasteiger partial charge on any atom is -0.493 e. The zero-order chi connectivity index (χ0) is 23.6. The monoisotopic (exact) mass is 473 g/mol. The molecule has 0 radical (unpaired) electrons. The van der Waals surface area contributed by atoms with Crippen LogP contribution < -0.4 is 10.2 Å². The zero-order valence-corrected chi connectivity index (χ0v) is 17.5. The van der Waals surface area contributed by atoms with E-state index >= 15 is 0 Å². The molecule has 168 valence electrons. The fraction of sp³-hybridized carbons (Fsp3) is 0.0909. The quantitative estimate of drug-likeness (QED) is 0.557. The fourth-order valence-electron chi connectivity index (χ4n) is 3.14. The van der Waals surface area contributed by atoms with Crippen molar-refractivity contribution in [3.8, 4) is 0 Å². The lowest BCUT2D eigenvalue weighted by Gasteiger charge is -2.30. The largest absolute Gasteiger partial charge is 0.493 e. The SMILES string of the molecule is O=C(Nc1ncccn1)c1ccc(C2=NC(C(F)(F)F)=C(O)N(c3ccccc3Cl)C2)cc1. The Kier molecular flexibility index (Phi) is 6.01. The van der Waals surface area contributed by atoms with E-state index < -0.39 is 23.7 Å². The summed E-state index contributed by atoms with van der Waals surface area (Å²) in [6.07, 6.45) is -1.96. The third-order valence-corrected chi connectivity index (χ3v) is 5.02. The van der Waals surface area contributed by atoms with Gasteiger partial charge in [0.15, 0.2) is 0 Å². The summed E-state index contributed by atoms with van der Waals surface area (Å²) >= 11 is 6.15. The first-order valence-corrected chi connectivity index (χ1v) is 9.90. The maximum Gasteiger partial charge on any atom is 0.438 e. The van der Waals surface area contributed by atoms with E-state index in [2.05, 4.69) is 20.3 Å². The Bertz CT molecular complexity index is 1240. The number of aliphatic hydroxyl groups is 1. The first-order chi connectivity index (χ1) is 15.7. The lowest BCUT2D eigenvalue weighted by atomic mass is 10.0. The van der Waals surface area contributed by atoms with E-state index in [1.807, 2.05) is 0 Å². The predicted octanol–water partition coefficient (Wildman–Crippen LogP) is 4.98. The fourth-order valence-corrected chi connectivity index (χ4v) is 3.38. The molecule has 1 amide bonds. The highest BCUT2D eigenvalue weighted by molar-refractivity contribution is 6.33. The van der Waals surface area contributed by atoms with Crippen molar-refractivity contribution >= 4 is 34.9 Å². The van der Waals surface area contributed by atoms with Gasteiger partial charge in [0.2, 0.25) is 17.5 Å². The number of hydrogen-bond acceptors (Lipinski definition) is 6. The molecule has 11 heteroatoms. The van der Waals surface area contributed by atoms with Gasteiger partial charge in [-0.05, 0) is 35.9 Å². The van der Waals surface area contributed by atoms with Crippen molar-refractivity contribution in [2.75, 3.05) is 16.8 Å². The second-order valence-corrected chi connectivity index (χ2v) is 7.28. The Morgan fingerprint density at radius 3 is 2.33 bits per heavy atom. The molecule has 2 heterocycles. The maximum atomic E-state index is 13.6. The summed E-state index contributed by atoms with van der Waals surface area (Å²) in [6.45, 7) is -0.168. The highest BCUT2D eigenvalue weighted by atomic mass is 35.5. The average molecular weight is 474 g/mol. The highest BCUT2D eigenvalue weighted by Gasteiger charge is 2.42. The van der Waals surface area contributed by atoms with Gasteiger partial charge in [-0.25, -0.2) is 15.0 Å². The van der Waals surface area contributed by atoms with Gasteiger partial charge in [-0.3, -0.25) is 10.1 Å². The van der Waals surface area contributed by atoms with Gasteiger partial charge in [-0.15, -0.1) is 0 Å². The van der Waals surface area contributed by atoms with Crippen LogP contribution in [0.4, 0.5) is 24.8 Å². The smallest absolute Gasteiger partial charge is 0.438 e. The van der Waals surface area contributed by atoms with Gasteiger partial charge in [-0.1, -0.05) is 35.9 Å². The molecule has 0 atom stereocenters. The summed E-state index contributed by atoms with van der Waals surface area (Å²) in [4.78, 5) is 24.9. The Labute approximate surface area is 190 Å². The third-order valence-electron chi connectivity index (χ3n) is 4.71. The van der Waals surface area contributed by atoms with E-state index in [1.165, 1.54) is 48.8 Å². The number of aromatic nitrogens is 2. The lowest BCUT2D eigenvalue weighted by molar-refractivity contribution is -0.0955. The van der Waals surface area contributed by atoms with Crippen LogP contribution in [-0.2, 0) is 0 Å². The van der Waals surface area contributed by atoms with Crippen molar-refractivity contribution < 1.29 is 23.1 Å². The molecule has 0 fully saturated rings. The van der Waals surface area contributed by atoms with Gasteiger partial charge in [0, 0.05) is 18.0 Å². The summed E-state index contributed by atoms with van der Waals surface area (Å²) < 4.78 is 40.8. The topological polar surface area (TPSA) is 90.7 Å². The second-order valence-electron chi connectivity index (χ2n) is 6.87. The standard InChI is InChI=1S/C22H15ClF3N5O2/c23-15-4-1-2-5-17(15)31-12-16(29-18(20(31)33)22(24,25)26)13-6-8-14(9-7-13)19(32)30-21-27-10-3-11-28-21/h1-11,33H,12H2,(H,27,28,30,32). The minimum atomic E-state index is -4.90. The number of carbonyl (C=O) groups excluding carboxylic acids is 1. The van der Waals surface area contributed by atoms with Gasteiger partial charge >= 0.3 is 6.18 Å². The molecule has 7 nitrogen and oxygen atoms in total. The number of nitrogens with zero attached hydrogens (tertiary/aromatic N) is 4. The number of aliphatic hydroxyl groups excluding tert-OH is 1. The maximum absolute atomic E-state index is 13.6. The normalized spacial score (nSPS) is 14.2. The number of anilines is 2. The van der Waals surface area contributed by atoms with Crippen molar-refractivity contribution in [2.45, 2.75) is 6.18 Å². The van der Waals surface area contributed by atoms with Crippen LogP contribution in [0.2, 0.25) is 5.02 Å². The van der Waals surface area contributed by atoms with Gasteiger partial charge in [0.25, 0.3) is 5.91 Å². The molecule has 0 aliphatic carbocycles. The molecule has 2 aromatic carbocycles. The molecule has 0 saturated heterocycles. The molecule has 0 saturated carbocycles. The van der Waals surface area contributed by atoms with Crippen LogP contribution in [0.25, 0.3) is 0 Å². The van der Waals surface area contributed by atoms with E-state index in [0.29, 0.717) is 5.56 Å². The molecular weight excluding hydrogens is 459 g/mol. The molecule has 1 aliphatic rings. The number of halogens is 4. The highest BCUT2D eigenvalue weighted by Crippen LogP contribution is 2.37. The van der Waals surface area contributed by atoms with Gasteiger partial charge < -0.3 is 10.0 Å². The number of allylic oxidation sites excluding steroid dienone is 1. The van der Waals surface area contributed by atoms with Crippen LogP contribution in [0.5, 0.6) is 0 Å². The second kappa shape index (κ2) is 8.91. The minimum absolute atomic E-state index is 0.0402. The number of hydrogen-bond donors (Lipinski definition) is 2. The van der Waals surface area contributed by atoms with Crippen LogP contribution in [0.15, 0.2) is 83.6 Å². The number of para-hydroxylation sites is 1. The van der Waals surface area contributed by atoms with Crippen LogP contribution in [0, 0.1) is 0 Å². The molecule has 33 heavy (non-hydrogen) atoms. The van der Waals surface area contributed by atoms with Gasteiger partial charge in [-0.2, -0.15) is 13.2 Å². The van der Waals surface area contributed by atoms with E-state index in [4.69, 9.17) is 11.6 Å². The Hall–Kier alpha value is -3.92. The first kappa shape index (κ1) is 22.3. The molecule has 1 aromatic heterocycles. The van der Waals surface area contributed by atoms with Crippen LogP contribution in [0.3, 0.4) is 0 Å². The number of rotatable bonds is 4. The van der Waals surface area contributed by atoms with Crippen LogP contribution >= 0.6 is 11.6 Å². The summed E-state index contributed by atoms with van der Waals surface area (Å²) in [7, 11) is 0. The van der Waals surface area contributed by atoms with Crippen molar-refractivity contribution in [3.05, 3.63) is 94.7 Å². The van der Waals surface area contributed by atoms with Crippen molar-refractivity contribution in [3.63, 3.8) is 0 Å². The molecular formula is C22H15ClF3N5O2. The number of nitrogens with one attached hydrogen (secondary N) is 1. The van der Waals surface area contributed by atoms with Gasteiger partial charge in [0.05, 0.1) is 23.0 Å². The molecule has 0 bridgehead atoms. The lowest BCUT2D eigenvalue weighted by Crippen LogP contribution is -2.37. The van der Waals surface area contributed by atoms with Crippen molar-refractivity contribution in [1.82, 2.24) is 9.97 Å². The van der Waals surface area contributed by atoms with E-state index in [-0.39, 0.29) is 34.5 Å². The van der Waals surface area contributed by atoms with E-state index in [0.717, 1.165) is 4.90 Å². The first-order valence-electron chi connectivity index (χ1n) is 9.53. The van der Waals surface area contributed by atoms with Crippen molar-refractivity contribution in [1.29, 1.82) is 0 Å². The molecule has 0 spiro atoms. The number of aliphatic imine (C=N–C) groups is 1. The Morgan fingerprint density at radius 2 is 1.70 bits per heavy atom. The third kappa shape index (κ3) is 4.80. The summed E-state index contributed by atoms with van der Waals surface area (Å²) in [5.41, 5.74) is -0.608. The molecule has 2 N–H and O–H groups in total. The summed E-state index contributed by atoms with van der Waals surface area (Å²) in [5, 5.41) is 13.0. The summed E-state index contributed by atoms with van der Waals surface area (Å²) in [6, 6.07) is 13.7. The van der Waals surface area contributed by atoms with Crippen molar-refractivity contribution in [2.24, 2.45) is 4.99 Å². The van der Waals surface area contributed by atoms with Crippen LogP contribution in [0.1, 0.15) is 15.9 Å². The zero-order valence-electron chi connectivity index (χ0n) is 16.7. The van der Waals surface area contributed by atoms with E-state index in [9.17, 15) is 23.1 Å². The average Bonchev–Trinajstić information content (AvgIpc) is 2.80. The number of carbonyl (C=O) groups is 1. The predicted molar refractivity (Wildman–Crippen MR) is 117 cm³/mol. The number of benzene rings is 2.